The molecule has 1 fully saturated rings. The van der Waals surface area contributed by atoms with Crippen molar-refractivity contribution in [1.29, 1.82) is 0 Å². The Labute approximate surface area is 160 Å². The summed E-state index contributed by atoms with van der Waals surface area (Å²) in [6.07, 6.45) is -2.71. The summed E-state index contributed by atoms with van der Waals surface area (Å²) in [7, 11) is 0. The fraction of sp³-hybridized carbons (Fsp3) is 0.474. The minimum Gasteiger partial charge on any atom is -0.394 e. The number of carbonyl (C=O) groups excluding carboxylic acids is 1. The van der Waals surface area contributed by atoms with Crippen LogP contribution in [0.5, 0.6) is 0 Å². The van der Waals surface area contributed by atoms with E-state index in [1.807, 2.05) is 6.92 Å². The number of hydrogen-bond donors (Lipinski definition) is 4. The van der Waals surface area contributed by atoms with Crippen molar-refractivity contribution in [2.24, 2.45) is 11.7 Å². The highest BCUT2D eigenvalue weighted by atomic mass is 19.4. The zero-order valence-electron chi connectivity index (χ0n) is 15.4. The number of nitrogens with one attached hydrogen (secondary N) is 2. The number of hydrogen-bond acceptors (Lipinski definition) is 5. The molecule has 2 aromatic rings. The van der Waals surface area contributed by atoms with E-state index in [9.17, 15) is 23.1 Å². The average Bonchev–Trinajstić information content (AvgIpc) is 2.65. The molecule has 2 heterocycles. The molecule has 1 aromatic heterocycles. The van der Waals surface area contributed by atoms with Gasteiger partial charge in [-0.05, 0) is 36.6 Å². The summed E-state index contributed by atoms with van der Waals surface area (Å²) < 4.78 is 40.3. The van der Waals surface area contributed by atoms with Crippen molar-refractivity contribution >= 4 is 16.8 Å². The standard InChI is InChI=1S/C19H23F3N4O2/c1-11-7-18(10-24-8-11,26-17(28)15(23)9-27)13-4-5-14(19(20,21)22)16-12(13)3-2-6-25-16/h2-6,11,15,24,27H,7-10,23H2,1H3,(H,26,28)/t11-,15-,18-/m0/s1. The fourth-order valence-corrected chi connectivity index (χ4v) is 3.87. The van der Waals surface area contributed by atoms with E-state index < -0.39 is 35.8 Å². The van der Waals surface area contributed by atoms with Crippen molar-refractivity contribution in [2.75, 3.05) is 19.7 Å². The van der Waals surface area contributed by atoms with Gasteiger partial charge >= 0.3 is 6.18 Å². The van der Waals surface area contributed by atoms with Gasteiger partial charge < -0.3 is 21.5 Å². The summed E-state index contributed by atoms with van der Waals surface area (Å²) >= 11 is 0. The second kappa shape index (κ2) is 7.65. The van der Waals surface area contributed by atoms with Gasteiger partial charge in [0.1, 0.15) is 6.04 Å². The van der Waals surface area contributed by atoms with Crippen LogP contribution < -0.4 is 16.4 Å². The van der Waals surface area contributed by atoms with Gasteiger partial charge in [0.25, 0.3) is 0 Å². The molecule has 0 aliphatic carbocycles. The van der Waals surface area contributed by atoms with E-state index in [-0.39, 0.29) is 11.4 Å². The lowest BCUT2D eigenvalue weighted by atomic mass is 9.77. The molecule has 6 nitrogen and oxygen atoms in total. The van der Waals surface area contributed by atoms with Crippen LogP contribution in [0.3, 0.4) is 0 Å². The molecule has 3 rings (SSSR count). The molecule has 9 heteroatoms. The lowest BCUT2D eigenvalue weighted by Crippen LogP contribution is -2.60. The number of carbonyl (C=O) groups is 1. The van der Waals surface area contributed by atoms with Crippen molar-refractivity contribution in [1.82, 2.24) is 15.6 Å². The Morgan fingerprint density at radius 1 is 1.46 bits per heavy atom. The van der Waals surface area contributed by atoms with Gasteiger partial charge in [0, 0.05) is 18.1 Å². The van der Waals surface area contributed by atoms with Crippen LogP contribution >= 0.6 is 0 Å². The molecule has 28 heavy (non-hydrogen) atoms. The first-order chi connectivity index (χ1) is 13.2. The van der Waals surface area contributed by atoms with Gasteiger partial charge in [0.15, 0.2) is 0 Å². The summed E-state index contributed by atoms with van der Waals surface area (Å²) in [6, 6.07) is 4.43. The number of rotatable bonds is 4. The Balaban J connectivity index is 2.18. The van der Waals surface area contributed by atoms with Crippen molar-refractivity contribution in [2.45, 2.75) is 31.1 Å². The van der Waals surface area contributed by atoms with Crippen LogP contribution in [-0.4, -0.2) is 41.7 Å². The largest absolute Gasteiger partial charge is 0.418 e. The first kappa shape index (κ1) is 20.5. The Morgan fingerprint density at radius 3 is 2.86 bits per heavy atom. The molecule has 0 radical (unpaired) electrons. The molecular formula is C19H23F3N4O2. The summed E-state index contributed by atoms with van der Waals surface area (Å²) in [5.74, 6) is -0.399. The average molecular weight is 396 g/mol. The number of piperidine rings is 1. The first-order valence-electron chi connectivity index (χ1n) is 9.02. The molecule has 1 aliphatic heterocycles. The van der Waals surface area contributed by atoms with Gasteiger partial charge in [0.05, 0.1) is 23.2 Å². The van der Waals surface area contributed by atoms with Gasteiger partial charge in [-0.3, -0.25) is 9.78 Å². The van der Waals surface area contributed by atoms with Crippen LogP contribution in [0.1, 0.15) is 24.5 Å². The number of pyridine rings is 1. The Kier molecular flexibility index (Phi) is 5.60. The third-order valence-electron chi connectivity index (χ3n) is 5.10. The second-order valence-electron chi connectivity index (χ2n) is 7.36. The number of halogens is 3. The van der Waals surface area contributed by atoms with Crippen LogP contribution in [0, 0.1) is 5.92 Å². The maximum atomic E-state index is 13.4. The number of aromatic nitrogens is 1. The number of nitrogens with zero attached hydrogens (tertiary/aromatic N) is 1. The molecule has 1 aromatic carbocycles. The second-order valence-corrected chi connectivity index (χ2v) is 7.36. The third kappa shape index (κ3) is 3.82. The zero-order chi connectivity index (χ0) is 20.5. The fourth-order valence-electron chi connectivity index (χ4n) is 3.87. The molecule has 0 bridgehead atoms. The van der Waals surface area contributed by atoms with E-state index in [1.54, 1.807) is 12.1 Å². The van der Waals surface area contributed by atoms with E-state index in [1.165, 1.54) is 12.3 Å². The molecule has 1 saturated heterocycles. The number of fused-ring (bicyclic) bond motifs is 1. The number of aliphatic hydroxyl groups is 1. The molecule has 1 aliphatic rings. The van der Waals surface area contributed by atoms with Gasteiger partial charge in [-0.1, -0.05) is 19.1 Å². The monoisotopic (exact) mass is 396 g/mol. The van der Waals surface area contributed by atoms with Crippen molar-refractivity contribution < 1.29 is 23.1 Å². The maximum Gasteiger partial charge on any atom is 0.418 e. The summed E-state index contributed by atoms with van der Waals surface area (Å²) in [5.41, 5.74) is 4.25. The molecular weight excluding hydrogens is 373 g/mol. The predicted molar refractivity (Wildman–Crippen MR) is 98.3 cm³/mol. The number of aliphatic hydroxyl groups excluding tert-OH is 1. The molecule has 0 spiro atoms. The van der Waals surface area contributed by atoms with Gasteiger partial charge in [-0.2, -0.15) is 13.2 Å². The van der Waals surface area contributed by atoms with Gasteiger partial charge in [0.2, 0.25) is 5.91 Å². The minimum absolute atomic E-state index is 0.161. The summed E-state index contributed by atoms with van der Waals surface area (Å²) in [6.45, 7) is 2.51. The van der Waals surface area contributed by atoms with E-state index in [2.05, 4.69) is 15.6 Å². The Morgan fingerprint density at radius 2 is 2.21 bits per heavy atom. The van der Waals surface area contributed by atoms with E-state index >= 15 is 0 Å². The van der Waals surface area contributed by atoms with E-state index in [0.29, 0.717) is 23.9 Å². The molecule has 3 atom stereocenters. The maximum absolute atomic E-state index is 13.4. The molecule has 0 saturated carbocycles. The lowest BCUT2D eigenvalue weighted by molar-refractivity contribution is -0.136. The first-order valence-corrected chi connectivity index (χ1v) is 9.02. The van der Waals surface area contributed by atoms with Crippen molar-refractivity contribution in [3.63, 3.8) is 0 Å². The topological polar surface area (TPSA) is 100 Å². The van der Waals surface area contributed by atoms with Gasteiger partial charge in [-0.25, -0.2) is 0 Å². The van der Waals surface area contributed by atoms with E-state index in [4.69, 9.17) is 5.73 Å². The van der Waals surface area contributed by atoms with Crippen LogP contribution in [0.15, 0.2) is 30.5 Å². The minimum atomic E-state index is -4.54. The summed E-state index contributed by atoms with van der Waals surface area (Å²) in [4.78, 5) is 16.4. The smallest absolute Gasteiger partial charge is 0.394 e. The normalized spacial score (nSPS) is 24.1. The quantitative estimate of drug-likeness (QED) is 0.628. The lowest BCUT2D eigenvalue weighted by Gasteiger charge is -2.42. The predicted octanol–water partition coefficient (Wildman–Crippen LogP) is 1.51. The summed E-state index contributed by atoms with van der Waals surface area (Å²) in [5, 5.41) is 15.6. The molecule has 1 amide bonds. The van der Waals surface area contributed by atoms with Crippen LogP contribution in [0.2, 0.25) is 0 Å². The highest BCUT2D eigenvalue weighted by Gasteiger charge is 2.41. The third-order valence-corrected chi connectivity index (χ3v) is 5.10. The van der Waals surface area contributed by atoms with Crippen molar-refractivity contribution in [3.8, 4) is 0 Å². The van der Waals surface area contributed by atoms with Crippen LogP contribution in [0.4, 0.5) is 13.2 Å². The number of alkyl halides is 3. The molecule has 152 valence electrons. The highest BCUT2D eigenvalue weighted by molar-refractivity contribution is 5.88. The van der Waals surface area contributed by atoms with E-state index in [0.717, 1.165) is 12.6 Å². The Hall–Kier alpha value is -2.23. The van der Waals surface area contributed by atoms with Crippen LogP contribution in [0.25, 0.3) is 10.9 Å². The van der Waals surface area contributed by atoms with Gasteiger partial charge in [-0.15, -0.1) is 0 Å². The number of amides is 1. The highest BCUT2D eigenvalue weighted by Crippen LogP contribution is 2.40. The number of benzene rings is 1. The molecule has 5 N–H and O–H groups in total. The Bertz CT molecular complexity index is 874. The van der Waals surface area contributed by atoms with Crippen molar-refractivity contribution in [3.05, 3.63) is 41.6 Å². The zero-order valence-corrected chi connectivity index (χ0v) is 15.4. The van der Waals surface area contributed by atoms with Crippen LogP contribution in [-0.2, 0) is 16.5 Å². The molecule has 0 unspecified atom stereocenters. The SMILES string of the molecule is C[C@@H]1CNC[C@](NC(=O)[C@@H](N)CO)(c2ccc(C(F)(F)F)c3ncccc23)C1. The number of nitrogens with two attached hydrogens (primary N) is 1.